The third kappa shape index (κ3) is 4.61. The first-order valence-corrected chi connectivity index (χ1v) is 10.1. The van der Waals surface area contributed by atoms with Crippen LogP contribution in [-0.2, 0) is 6.61 Å². The highest BCUT2D eigenvalue weighted by molar-refractivity contribution is 8.16. The van der Waals surface area contributed by atoms with E-state index in [-0.39, 0.29) is 0 Å². The highest BCUT2D eigenvalue weighted by atomic mass is 32.2. The molecule has 0 amide bonds. The SMILES string of the molecule is CCOc1cc(C2SCCCS2)ccc1OCc1ccccc1. The van der Waals surface area contributed by atoms with Crippen LogP contribution in [0.1, 0.15) is 29.1 Å². The second-order valence-electron chi connectivity index (χ2n) is 5.34. The topological polar surface area (TPSA) is 18.5 Å². The molecule has 0 radical (unpaired) electrons. The first kappa shape index (κ1) is 16.6. The molecule has 122 valence electrons. The molecule has 1 fully saturated rings. The third-order valence-electron chi connectivity index (χ3n) is 3.60. The van der Waals surface area contributed by atoms with Gasteiger partial charge >= 0.3 is 0 Å². The normalized spacial score (nSPS) is 15.3. The largest absolute Gasteiger partial charge is 0.490 e. The van der Waals surface area contributed by atoms with Gasteiger partial charge in [0.2, 0.25) is 0 Å². The van der Waals surface area contributed by atoms with E-state index in [1.54, 1.807) is 0 Å². The van der Waals surface area contributed by atoms with Crippen molar-refractivity contribution in [3.8, 4) is 11.5 Å². The van der Waals surface area contributed by atoms with Crippen LogP contribution in [0.3, 0.4) is 0 Å². The van der Waals surface area contributed by atoms with Crippen LogP contribution in [0, 0.1) is 0 Å². The first-order valence-electron chi connectivity index (χ1n) is 8.03. The molecule has 1 aliphatic heterocycles. The van der Waals surface area contributed by atoms with Gasteiger partial charge in [0.05, 0.1) is 11.2 Å². The van der Waals surface area contributed by atoms with Gasteiger partial charge in [-0.2, -0.15) is 0 Å². The lowest BCUT2D eigenvalue weighted by molar-refractivity contribution is 0.269. The highest BCUT2D eigenvalue weighted by Gasteiger charge is 2.18. The van der Waals surface area contributed by atoms with E-state index >= 15 is 0 Å². The van der Waals surface area contributed by atoms with E-state index in [9.17, 15) is 0 Å². The fourth-order valence-corrected chi connectivity index (χ4v) is 5.35. The molecule has 0 aromatic heterocycles. The lowest BCUT2D eigenvalue weighted by Gasteiger charge is -2.22. The van der Waals surface area contributed by atoms with Gasteiger partial charge in [0.15, 0.2) is 11.5 Å². The quantitative estimate of drug-likeness (QED) is 0.684. The fraction of sp³-hybridized carbons (Fsp3) is 0.368. The molecule has 4 heteroatoms. The van der Waals surface area contributed by atoms with Gasteiger partial charge in [0, 0.05) is 0 Å². The molecule has 2 nitrogen and oxygen atoms in total. The van der Waals surface area contributed by atoms with E-state index in [0.29, 0.717) is 17.8 Å². The van der Waals surface area contributed by atoms with Crippen molar-refractivity contribution in [2.75, 3.05) is 18.1 Å². The van der Waals surface area contributed by atoms with E-state index < -0.39 is 0 Å². The third-order valence-corrected chi connectivity index (χ3v) is 6.62. The van der Waals surface area contributed by atoms with Crippen molar-refractivity contribution in [1.29, 1.82) is 0 Å². The molecule has 0 N–H and O–H groups in total. The fourth-order valence-electron chi connectivity index (χ4n) is 2.47. The number of rotatable bonds is 6. The molecule has 0 aliphatic carbocycles. The van der Waals surface area contributed by atoms with Crippen LogP contribution in [-0.4, -0.2) is 18.1 Å². The van der Waals surface area contributed by atoms with Crippen LogP contribution < -0.4 is 9.47 Å². The minimum Gasteiger partial charge on any atom is -0.490 e. The molecule has 2 aromatic carbocycles. The standard InChI is InChI=1S/C19H22O2S2/c1-2-20-18-13-16(19-22-11-6-12-23-19)9-10-17(18)21-14-15-7-4-3-5-8-15/h3-5,7-10,13,19H,2,6,11-12,14H2,1H3. The Balaban J connectivity index is 1.73. The molecule has 1 aliphatic rings. The van der Waals surface area contributed by atoms with Crippen LogP contribution in [0.4, 0.5) is 0 Å². The maximum atomic E-state index is 5.98. The Kier molecular flexibility index (Phi) is 6.17. The molecule has 1 heterocycles. The molecule has 1 saturated heterocycles. The molecule has 3 rings (SSSR count). The second kappa shape index (κ2) is 8.55. The van der Waals surface area contributed by atoms with Gasteiger partial charge in [0.25, 0.3) is 0 Å². The van der Waals surface area contributed by atoms with E-state index in [1.807, 2.05) is 48.6 Å². The molecule has 23 heavy (non-hydrogen) atoms. The van der Waals surface area contributed by atoms with Crippen molar-refractivity contribution >= 4 is 23.5 Å². The number of ether oxygens (including phenoxy) is 2. The highest BCUT2D eigenvalue weighted by Crippen LogP contribution is 2.45. The Bertz CT molecular complexity index is 610. The van der Waals surface area contributed by atoms with Crippen molar-refractivity contribution in [2.45, 2.75) is 24.5 Å². The summed E-state index contributed by atoms with van der Waals surface area (Å²) in [6, 6.07) is 16.6. The number of hydrogen-bond donors (Lipinski definition) is 0. The summed E-state index contributed by atoms with van der Waals surface area (Å²) in [4.78, 5) is 0. The summed E-state index contributed by atoms with van der Waals surface area (Å²) in [5, 5.41) is 0. The van der Waals surface area contributed by atoms with Gasteiger partial charge in [-0.15, -0.1) is 23.5 Å². The van der Waals surface area contributed by atoms with Gasteiger partial charge in [-0.05, 0) is 48.1 Å². The van der Waals surface area contributed by atoms with Crippen LogP contribution >= 0.6 is 23.5 Å². The Morgan fingerprint density at radius 2 is 1.74 bits per heavy atom. The van der Waals surface area contributed by atoms with Crippen LogP contribution in [0.5, 0.6) is 11.5 Å². The molecule has 0 bridgehead atoms. The Morgan fingerprint density at radius 1 is 0.957 bits per heavy atom. The van der Waals surface area contributed by atoms with E-state index in [0.717, 1.165) is 17.1 Å². The van der Waals surface area contributed by atoms with Crippen LogP contribution in [0.15, 0.2) is 48.5 Å². The van der Waals surface area contributed by atoms with Gasteiger partial charge in [-0.3, -0.25) is 0 Å². The van der Waals surface area contributed by atoms with Crippen LogP contribution in [0.2, 0.25) is 0 Å². The summed E-state index contributed by atoms with van der Waals surface area (Å²) < 4.78 is 12.3. The molecule has 0 atom stereocenters. The zero-order chi connectivity index (χ0) is 15.9. The number of benzene rings is 2. The molecule has 0 unspecified atom stereocenters. The van der Waals surface area contributed by atoms with Crippen molar-refractivity contribution < 1.29 is 9.47 Å². The van der Waals surface area contributed by atoms with Crippen molar-refractivity contribution in [1.82, 2.24) is 0 Å². The van der Waals surface area contributed by atoms with Crippen LogP contribution in [0.25, 0.3) is 0 Å². The zero-order valence-corrected chi connectivity index (χ0v) is 15.0. The monoisotopic (exact) mass is 346 g/mol. The zero-order valence-electron chi connectivity index (χ0n) is 13.4. The minimum atomic E-state index is 0.520. The lowest BCUT2D eigenvalue weighted by Crippen LogP contribution is -2.03. The Labute approximate surface area is 147 Å². The summed E-state index contributed by atoms with van der Waals surface area (Å²) in [5.41, 5.74) is 2.49. The van der Waals surface area contributed by atoms with Crippen molar-refractivity contribution in [3.63, 3.8) is 0 Å². The Hall–Kier alpha value is -1.26. The number of hydrogen-bond acceptors (Lipinski definition) is 4. The maximum Gasteiger partial charge on any atom is 0.161 e. The summed E-state index contributed by atoms with van der Waals surface area (Å²) in [5.74, 6) is 4.17. The maximum absolute atomic E-state index is 5.98. The molecule has 2 aromatic rings. The van der Waals surface area contributed by atoms with Crippen molar-refractivity contribution in [2.24, 2.45) is 0 Å². The second-order valence-corrected chi connectivity index (χ2v) is 8.06. The van der Waals surface area contributed by atoms with Gasteiger partial charge in [-0.1, -0.05) is 36.4 Å². The molecule has 0 saturated carbocycles. The van der Waals surface area contributed by atoms with Crippen molar-refractivity contribution in [3.05, 3.63) is 59.7 Å². The van der Waals surface area contributed by atoms with Gasteiger partial charge in [-0.25, -0.2) is 0 Å². The average molecular weight is 347 g/mol. The molecule has 0 spiro atoms. The number of thioether (sulfide) groups is 2. The lowest BCUT2D eigenvalue weighted by atomic mass is 10.2. The Morgan fingerprint density at radius 3 is 2.48 bits per heavy atom. The van der Waals surface area contributed by atoms with E-state index in [1.165, 1.54) is 23.5 Å². The first-order chi connectivity index (χ1) is 11.4. The summed E-state index contributed by atoms with van der Waals surface area (Å²) in [6.45, 7) is 3.22. The minimum absolute atomic E-state index is 0.520. The van der Waals surface area contributed by atoms with E-state index in [2.05, 4.69) is 30.3 Å². The van der Waals surface area contributed by atoms with Gasteiger partial charge < -0.3 is 9.47 Å². The predicted molar refractivity (Wildman–Crippen MR) is 101 cm³/mol. The average Bonchev–Trinajstić information content (AvgIpc) is 2.62. The van der Waals surface area contributed by atoms with Gasteiger partial charge in [0.1, 0.15) is 6.61 Å². The predicted octanol–water partition coefficient (Wildman–Crippen LogP) is 5.53. The smallest absolute Gasteiger partial charge is 0.161 e. The summed E-state index contributed by atoms with van der Waals surface area (Å²) in [7, 11) is 0. The molecular formula is C19H22O2S2. The summed E-state index contributed by atoms with van der Waals surface area (Å²) in [6.07, 6.45) is 1.31. The summed E-state index contributed by atoms with van der Waals surface area (Å²) >= 11 is 4.05. The van der Waals surface area contributed by atoms with E-state index in [4.69, 9.17) is 9.47 Å². The molecular weight excluding hydrogens is 324 g/mol.